The number of aromatic nitrogens is 2. The summed E-state index contributed by atoms with van der Waals surface area (Å²) in [6, 6.07) is -0.666. The molecule has 0 saturated carbocycles. The maximum atomic E-state index is 13.7. The Hall–Kier alpha value is -2.61. The highest BCUT2D eigenvalue weighted by Gasteiger charge is 2.60. The van der Waals surface area contributed by atoms with E-state index in [1.807, 2.05) is 4.98 Å². The monoisotopic (exact) mass is 432 g/mol. The van der Waals surface area contributed by atoms with E-state index in [1.165, 1.54) is 0 Å². The Morgan fingerprint density at radius 3 is 1.43 bits per heavy atom. The van der Waals surface area contributed by atoms with Gasteiger partial charge in [0.1, 0.15) is 5.69 Å². The lowest BCUT2D eigenvalue weighted by atomic mass is 10.1. The van der Waals surface area contributed by atoms with Crippen LogP contribution >= 0.6 is 0 Å². The van der Waals surface area contributed by atoms with Gasteiger partial charge in [-0.25, -0.2) is 31.9 Å². The Labute approximate surface area is 144 Å². The summed E-state index contributed by atoms with van der Waals surface area (Å²) in [5.41, 5.74) is -7.00. The zero-order chi connectivity index (χ0) is 21.8. The Bertz CT molecular complexity index is 900. The molecule has 0 fully saturated rings. The second-order valence-corrected chi connectivity index (χ2v) is 4.98. The molecule has 0 spiro atoms. The molecule has 0 saturated heterocycles. The molecule has 0 aliphatic heterocycles. The number of nitrogens with zero attached hydrogens (tertiary/aromatic N) is 2. The molecule has 0 atom stereocenters. The van der Waals surface area contributed by atoms with E-state index in [0.29, 0.717) is 0 Å². The van der Waals surface area contributed by atoms with Gasteiger partial charge < -0.3 is 0 Å². The van der Waals surface area contributed by atoms with E-state index in [4.69, 9.17) is 0 Å². The Balaban J connectivity index is 2.93. The minimum absolute atomic E-state index is 0.666. The fourth-order valence-electron chi connectivity index (χ4n) is 1.84. The van der Waals surface area contributed by atoms with Crippen LogP contribution in [0.2, 0.25) is 0 Å². The van der Waals surface area contributed by atoms with Crippen LogP contribution < -0.4 is 0 Å². The average molecular weight is 432 g/mol. The molecular weight excluding hydrogens is 431 g/mol. The largest absolute Gasteiger partial charge is 0.459 e. The minimum Gasteiger partial charge on any atom is -0.224 e. The third-order valence-electron chi connectivity index (χ3n) is 3.12. The van der Waals surface area contributed by atoms with Crippen LogP contribution in [0, 0.1) is 29.1 Å². The Morgan fingerprint density at radius 1 is 0.607 bits per heavy atom. The molecule has 2 aromatic rings. The molecule has 1 aromatic heterocycles. The first-order chi connectivity index (χ1) is 12.5. The van der Waals surface area contributed by atoms with Gasteiger partial charge in [-0.15, -0.1) is 0 Å². The van der Waals surface area contributed by atoms with Gasteiger partial charge in [-0.05, 0) is 6.07 Å². The molecule has 1 heterocycles. The van der Waals surface area contributed by atoms with Crippen molar-refractivity contribution in [2.24, 2.45) is 0 Å². The lowest BCUT2D eigenvalue weighted by Crippen LogP contribution is -2.35. The van der Waals surface area contributed by atoms with Crippen molar-refractivity contribution in [3.63, 3.8) is 0 Å². The predicted molar refractivity (Wildman–Crippen MR) is 62.2 cm³/mol. The first-order valence-electron chi connectivity index (χ1n) is 6.43. The van der Waals surface area contributed by atoms with E-state index in [1.54, 1.807) is 0 Å². The van der Waals surface area contributed by atoms with Crippen molar-refractivity contribution < 1.29 is 57.1 Å². The second-order valence-electron chi connectivity index (χ2n) is 4.98. The average Bonchev–Trinajstić information content (AvgIpc) is 2.56. The van der Waals surface area contributed by atoms with Crippen molar-refractivity contribution in [1.29, 1.82) is 0 Å². The van der Waals surface area contributed by atoms with Crippen LogP contribution in [0.15, 0.2) is 6.07 Å². The topological polar surface area (TPSA) is 25.8 Å². The second kappa shape index (κ2) is 6.48. The molecular formula is C13HF13N2. The first kappa shape index (κ1) is 21.7. The summed E-state index contributed by atoms with van der Waals surface area (Å²) in [4.78, 5) is 4.31. The quantitative estimate of drug-likeness (QED) is 0.355. The van der Waals surface area contributed by atoms with E-state index in [-0.39, 0.29) is 0 Å². The van der Waals surface area contributed by atoms with E-state index in [2.05, 4.69) is 4.98 Å². The molecule has 0 aliphatic rings. The lowest BCUT2D eigenvalue weighted by molar-refractivity contribution is -0.291. The van der Waals surface area contributed by atoms with Gasteiger partial charge in [-0.1, -0.05) is 0 Å². The fourth-order valence-corrected chi connectivity index (χ4v) is 1.84. The summed E-state index contributed by atoms with van der Waals surface area (Å²) in [6.07, 6.45) is -12.3. The van der Waals surface area contributed by atoms with Gasteiger partial charge in [-0.3, -0.25) is 0 Å². The predicted octanol–water partition coefficient (Wildman–Crippen LogP) is 5.51. The summed E-state index contributed by atoms with van der Waals surface area (Å²) in [6.45, 7) is 0. The summed E-state index contributed by atoms with van der Waals surface area (Å²) >= 11 is 0. The van der Waals surface area contributed by atoms with Crippen molar-refractivity contribution in [1.82, 2.24) is 9.97 Å². The van der Waals surface area contributed by atoms with E-state index in [9.17, 15) is 57.1 Å². The van der Waals surface area contributed by atoms with Gasteiger partial charge in [0.15, 0.2) is 23.3 Å². The van der Waals surface area contributed by atoms with Gasteiger partial charge >= 0.3 is 18.3 Å². The van der Waals surface area contributed by atoms with Crippen molar-refractivity contribution in [3.05, 3.63) is 46.7 Å². The standard InChI is InChI=1S/C13HF13N2/c14-5-4(6(15)8(17)9(18)7(5)16)2-1-3(11(19,20)13(24,25)26)28-10(27-2)12(21,22)23/h1H. The number of hydrogen-bond donors (Lipinski definition) is 0. The van der Waals surface area contributed by atoms with Crippen LogP contribution in [0.4, 0.5) is 57.1 Å². The van der Waals surface area contributed by atoms with Gasteiger partial charge in [0, 0.05) is 0 Å². The number of halogens is 13. The molecule has 28 heavy (non-hydrogen) atoms. The van der Waals surface area contributed by atoms with Gasteiger partial charge in [-0.2, -0.15) is 35.1 Å². The number of hydrogen-bond acceptors (Lipinski definition) is 2. The highest BCUT2D eigenvalue weighted by atomic mass is 19.4. The Morgan fingerprint density at radius 2 is 1.04 bits per heavy atom. The Kier molecular flexibility index (Phi) is 5.02. The molecule has 0 amide bonds. The van der Waals surface area contributed by atoms with Crippen LogP contribution in [-0.2, 0) is 12.1 Å². The molecule has 2 nitrogen and oxygen atoms in total. The van der Waals surface area contributed by atoms with Crippen molar-refractivity contribution in [2.75, 3.05) is 0 Å². The van der Waals surface area contributed by atoms with Gasteiger partial charge in [0.25, 0.3) is 0 Å². The molecule has 0 bridgehead atoms. The smallest absolute Gasteiger partial charge is 0.224 e. The van der Waals surface area contributed by atoms with E-state index >= 15 is 0 Å². The van der Waals surface area contributed by atoms with E-state index in [0.717, 1.165) is 0 Å². The maximum absolute atomic E-state index is 13.7. The van der Waals surface area contributed by atoms with Gasteiger partial charge in [0.05, 0.1) is 11.3 Å². The molecule has 0 aliphatic carbocycles. The minimum atomic E-state index is -6.50. The summed E-state index contributed by atoms with van der Waals surface area (Å²) in [5, 5.41) is 0. The zero-order valence-corrected chi connectivity index (χ0v) is 12.4. The molecule has 1 aromatic carbocycles. The summed E-state index contributed by atoms with van der Waals surface area (Å²) in [5.74, 6) is -22.5. The maximum Gasteiger partial charge on any atom is 0.459 e. The molecule has 0 N–H and O–H groups in total. The van der Waals surface area contributed by atoms with Crippen LogP contribution in [0.25, 0.3) is 11.3 Å². The van der Waals surface area contributed by atoms with Crippen molar-refractivity contribution in [2.45, 2.75) is 18.3 Å². The highest BCUT2D eigenvalue weighted by Crippen LogP contribution is 2.45. The van der Waals surface area contributed by atoms with Crippen LogP contribution in [-0.4, -0.2) is 16.1 Å². The molecule has 0 unspecified atom stereocenters. The zero-order valence-electron chi connectivity index (χ0n) is 12.4. The van der Waals surface area contributed by atoms with Crippen molar-refractivity contribution in [3.8, 4) is 11.3 Å². The molecule has 154 valence electrons. The fraction of sp³-hybridized carbons (Fsp3) is 0.231. The molecule has 0 radical (unpaired) electrons. The number of alkyl halides is 8. The normalized spacial score (nSPS) is 13.2. The highest BCUT2D eigenvalue weighted by molar-refractivity contribution is 5.62. The number of rotatable bonds is 2. The first-order valence-corrected chi connectivity index (χ1v) is 6.43. The third-order valence-corrected chi connectivity index (χ3v) is 3.12. The number of benzene rings is 1. The van der Waals surface area contributed by atoms with Crippen LogP contribution in [0.1, 0.15) is 11.5 Å². The lowest BCUT2D eigenvalue weighted by Gasteiger charge is -2.20. The third kappa shape index (κ3) is 3.44. The molecule has 15 heteroatoms. The van der Waals surface area contributed by atoms with E-state index < -0.39 is 76.2 Å². The van der Waals surface area contributed by atoms with Crippen LogP contribution in [0.3, 0.4) is 0 Å². The van der Waals surface area contributed by atoms with Crippen LogP contribution in [0.5, 0.6) is 0 Å². The SMILES string of the molecule is Fc1c(F)c(F)c(-c2cc(C(F)(F)C(F)(F)F)nc(C(F)(F)F)n2)c(F)c1F. The van der Waals surface area contributed by atoms with Crippen molar-refractivity contribution >= 4 is 0 Å². The summed E-state index contributed by atoms with van der Waals surface area (Å²) in [7, 11) is 0. The molecule has 2 rings (SSSR count). The summed E-state index contributed by atoms with van der Waals surface area (Å²) < 4.78 is 169. The van der Waals surface area contributed by atoms with Gasteiger partial charge in [0.2, 0.25) is 11.6 Å².